The first-order valence-corrected chi connectivity index (χ1v) is 5.82. The van der Waals surface area contributed by atoms with Crippen molar-refractivity contribution in [3.8, 4) is 0 Å². The molecule has 88 valence electrons. The average Bonchev–Trinajstić information content (AvgIpc) is 2.16. The van der Waals surface area contributed by atoms with Crippen LogP contribution >= 0.6 is 34.8 Å². The van der Waals surface area contributed by atoms with Crippen LogP contribution in [0.15, 0.2) is 24.3 Å². The Balaban J connectivity index is 2.47. The first kappa shape index (κ1) is 13.6. The highest BCUT2D eigenvalue weighted by Crippen LogP contribution is 2.31. The van der Waals surface area contributed by atoms with Crippen molar-refractivity contribution >= 4 is 40.5 Å². The van der Waals surface area contributed by atoms with Gasteiger partial charge in [0, 0.05) is 12.1 Å². The third kappa shape index (κ3) is 5.01. The maximum absolute atomic E-state index is 10.4. The summed E-state index contributed by atoms with van der Waals surface area (Å²) in [5.41, 5.74) is 1.09. The zero-order valence-corrected chi connectivity index (χ0v) is 10.6. The van der Waals surface area contributed by atoms with Gasteiger partial charge in [0.25, 0.3) is 5.69 Å². The van der Waals surface area contributed by atoms with Gasteiger partial charge in [0.15, 0.2) is 3.79 Å². The van der Waals surface area contributed by atoms with Gasteiger partial charge in [-0.3, -0.25) is 10.1 Å². The van der Waals surface area contributed by atoms with Gasteiger partial charge in [-0.1, -0.05) is 46.9 Å². The van der Waals surface area contributed by atoms with Gasteiger partial charge in [-0.25, -0.2) is 0 Å². The third-order valence-electron chi connectivity index (χ3n) is 2.07. The van der Waals surface area contributed by atoms with Crippen molar-refractivity contribution in [1.29, 1.82) is 0 Å². The summed E-state index contributed by atoms with van der Waals surface area (Å²) in [5.74, 6) is 0. The monoisotopic (exact) mass is 281 g/mol. The number of aryl methyl sites for hydroxylation is 1. The van der Waals surface area contributed by atoms with Crippen LogP contribution in [0.4, 0.5) is 5.69 Å². The molecular formula is C10H10Cl3NO2. The second-order valence-electron chi connectivity index (χ2n) is 3.39. The van der Waals surface area contributed by atoms with Gasteiger partial charge in [-0.05, 0) is 24.8 Å². The molecule has 3 nitrogen and oxygen atoms in total. The van der Waals surface area contributed by atoms with Crippen LogP contribution in [-0.2, 0) is 6.42 Å². The topological polar surface area (TPSA) is 43.1 Å². The molecule has 0 fully saturated rings. The number of benzene rings is 1. The summed E-state index contributed by atoms with van der Waals surface area (Å²) in [6.07, 6.45) is 1.94. The highest BCUT2D eigenvalue weighted by molar-refractivity contribution is 6.67. The molecule has 1 rings (SSSR count). The van der Waals surface area contributed by atoms with E-state index in [0.717, 1.165) is 18.4 Å². The normalized spacial score (nSPS) is 11.4. The molecule has 1 aromatic carbocycles. The van der Waals surface area contributed by atoms with Crippen molar-refractivity contribution in [2.75, 3.05) is 0 Å². The molecule has 0 bridgehead atoms. The minimum Gasteiger partial charge on any atom is -0.258 e. The average molecular weight is 283 g/mol. The fourth-order valence-electron chi connectivity index (χ4n) is 1.28. The van der Waals surface area contributed by atoms with Gasteiger partial charge in [0.2, 0.25) is 0 Å². The standard InChI is InChI=1S/C10H10Cl3NO2/c11-10(12,13)7-1-2-8-3-5-9(6-4-8)14(15)16/h3-6H,1-2,7H2. The first-order valence-electron chi connectivity index (χ1n) is 4.68. The second kappa shape index (κ2) is 5.71. The van der Waals surface area contributed by atoms with Gasteiger partial charge in [0.05, 0.1) is 4.92 Å². The molecule has 0 atom stereocenters. The van der Waals surface area contributed by atoms with Crippen molar-refractivity contribution in [3.63, 3.8) is 0 Å². The molecule has 0 amide bonds. The van der Waals surface area contributed by atoms with Gasteiger partial charge in [0.1, 0.15) is 0 Å². The second-order valence-corrected chi connectivity index (χ2v) is 5.91. The van der Waals surface area contributed by atoms with Gasteiger partial charge in [-0.15, -0.1) is 0 Å². The summed E-state index contributed by atoms with van der Waals surface area (Å²) in [6, 6.07) is 6.39. The summed E-state index contributed by atoms with van der Waals surface area (Å²) in [5, 5.41) is 10.4. The number of alkyl halides is 3. The predicted molar refractivity (Wildman–Crippen MR) is 66.3 cm³/mol. The van der Waals surface area contributed by atoms with E-state index >= 15 is 0 Å². The van der Waals surface area contributed by atoms with Crippen LogP contribution in [-0.4, -0.2) is 8.72 Å². The van der Waals surface area contributed by atoms with Crippen LogP contribution in [0.1, 0.15) is 18.4 Å². The number of hydrogen-bond donors (Lipinski definition) is 0. The van der Waals surface area contributed by atoms with E-state index in [1.54, 1.807) is 12.1 Å². The Morgan fingerprint density at radius 3 is 2.19 bits per heavy atom. The SMILES string of the molecule is O=[N+]([O-])c1ccc(CCCC(Cl)(Cl)Cl)cc1. The Morgan fingerprint density at radius 2 is 1.75 bits per heavy atom. The van der Waals surface area contributed by atoms with E-state index in [-0.39, 0.29) is 5.69 Å². The fourth-order valence-corrected chi connectivity index (χ4v) is 1.68. The molecular weight excluding hydrogens is 272 g/mol. The molecule has 0 aromatic heterocycles. The first-order chi connectivity index (χ1) is 7.38. The Kier molecular flexibility index (Phi) is 4.84. The van der Waals surface area contributed by atoms with E-state index in [1.165, 1.54) is 12.1 Å². The summed E-state index contributed by atoms with van der Waals surface area (Å²) >= 11 is 16.8. The van der Waals surface area contributed by atoms with E-state index in [2.05, 4.69) is 0 Å². The van der Waals surface area contributed by atoms with Gasteiger partial charge in [-0.2, -0.15) is 0 Å². The molecule has 0 unspecified atom stereocenters. The highest BCUT2D eigenvalue weighted by Gasteiger charge is 2.18. The number of hydrogen-bond acceptors (Lipinski definition) is 2. The van der Waals surface area contributed by atoms with E-state index in [9.17, 15) is 10.1 Å². The minimum atomic E-state index is -1.22. The summed E-state index contributed by atoms with van der Waals surface area (Å²) in [4.78, 5) is 9.99. The Labute approximate surface area is 108 Å². The molecule has 0 N–H and O–H groups in total. The number of nitro groups is 1. The summed E-state index contributed by atoms with van der Waals surface area (Å²) in [6.45, 7) is 0. The highest BCUT2D eigenvalue weighted by atomic mass is 35.6. The van der Waals surface area contributed by atoms with Crippen molar-refractivity contribution in [3.05, 3.63) is 39.9 Å². The van der Waals surface area contributed by atoms with E-state index in [0.29, 0.717) is 6.42 Å². The maximum atomic E-state index is 10.4. The Hall–Kier alpha value is -0.510. The van der Waals surface area contributed by atoms with Gasteiger partial charge < -0.3 is 0 Å². The fraction of sp³-hybridized carbons (Fsp3) is 0.400. The lowest BCUT2D eigenvalue weighted by Gasteiger charge is -2.09. The zero-order chi connectivity index (χ0) is 12.2. The maximum Gasteiger partial charge on any atom is 0.269 e. The molecule has 0 saturated carbocycles. The van der Waals surface area contributed by atoms with Crippen LogP contribution in [0.25, 0.3) is 0 Å². The number of nitrogens with zero attached hydrogens (tertiary/aromatic N) is 1. The van der Waals surface area contributed by atoms with E-state index in [1.807, 2.05) is 0 Å². The molecule has 1 aromatic rings. The largest absolute Gasteiger partial charge is 0.269 e. The molecule has 0 aliphatic heterocycles. The number of halogens is 3. The molecule has 0 aliphatic rings. The van der Waals surface area contributed by atoms with E-state index in [4.69, 9.17) is 34.8 Å². The summed E-state index contributed by atoms with van der Waals surface area (Å²) < 4.78 is -1.22. The van der Waals surface area contributed by atoms with Crippen LogP contribution < -0.4 is 0 Å². The smallest absolute Gasteiger partial charge is 0.258 e. The quantitative estimate of drug-likeness (QED) is 0.470. The van der Waals surface area contributed by atoms with Crippen LogP contribution in [0.5, 0.6) is 0 Å². The molecule has 16 heavy (non-hydrogen) atoms. The third-order valence-corrected chi connectivity index (χ3v) is 2.64. The number of non-ortho nitro benzene ring substituents is 1. The van der Waals surface area contributed by atoms with Crippen molar-refractivity contribution in [1.82, 2.24) is 0 Å². The molecule has 0 saturated heterocycles. The number of rotatable bonds is 4. The molecule has 0 aliphatic carbocycles. The zero-order valence-electron chi connectivity index (χ0n) is 8.33. The predicted octanol–water partition coefficient (Wildman–Crippen LogP) is 4.29. The lowest BCUT2D eigenvalue weighted by molar-refractivity contribution is -0.384. The van der Waals surface area contributed by atoms with Crippen molar-refractivity contribution in [2.24, 2.45) is 0 Å². The minimum absolute atomic E-state index is 0.0881. The Bertz CT molecular complexity index is 359. The van der Waals surface area contributed by atoms with Crippen molar-refractivity contribution in [2.45, 2.75) is 23.1 Å². The number of nitro benzene ring substituents is 1. The lowest BCUT2D eigenvalue weighted by Crippen LogP contribution is -2.02. The van der Waals surface area contributed by atoms with Crippen molar-refractivity contribution < 1.29 is 4.92 Å². The summed E-state index contributed by atoms with van der Waals surface area (Å²) in [7, 11) is 0. The molecule has 0 heterocycles. The molecule has 0 radical (unpaired) electrons. The lowest BCUT2D eigenvalue weighted by atomic mass is 10.1. The Morgan fingerprint density at radius 1 is 1.19 bits per heavy atom. The van der Waals surface area contributed by atoms with Crippen LogP contribution in [0.2, 0.25) is 0 Å². The van der Waals surface area contributed by atoms with E-state index < -0.39 is 8.72 Å². The molecule has 0 spiro atoms. The van der Waals surface area contributed by atoms with Crippen LogP contribution in [0, 0.1) is 10.1 Å². The van der Waals surface area contributed by atoms with Crippen LogP contribution in [0.3, 0.4) is 0 Å². The van der Waals surface area contributed by atoms with Gasteiger partial charge >= 0.3 is 0 Å². The molecule has 6 heteroatoms.